The van der Waals surface area contributed by atoms with Crippen molar-refractivity contribution in [1.82, 2.24) is 4.90 Å². The zero-order valence-corrected chi connectivity index (χ0v) is 9.25. The molecular formula is C11H21FN2. The van der Waals surface area contributed by atoms with E-state index >= 15 is 0 Å². The van der Waals surface area contributed by atoms with E-state index in [0.717, 1.165) is 0 Å². The summed E-state index contributed by atoms with van der Waals surface area (Å²) in [5.41, 5.74) is 0. The summed E-state index contributed by atoms with van der Waals surface area (Å²) in [6, 6.07) is 0.503. The Labute approximate surface area is 86.2 Å². The third-order valence-electron chi connectivity index (χ3n) is 3.13. The van der Waals surface area contributed by atoms with Crippen molar-refractivity contribution >= 4 is 6.21 Å². The molecule has 0 N–H and O–H groups in total. The predicted molar refractivity (Wildman–Crippen MR) is 58.8 cm³/mol. The normalized spacial score (nSPS) is 28.9. The lowest BCUT2D eigenvalue weighted by Gasteiger charge is -2.35. The van der Waals surface area contributed by atoms with Crippen LogP contribution in [-0.4, -0.2) is 44.5 Å². The average Bonchev–Trinajstić information content (AvgIpc) is 2.19. The third kappa shape index (κ3) is 3.05. The van der Waals surface area contributed by atoms with Gasteiger partial charge < -0.3 is 9.89 Å². The number of alkyl halides is 1. The fraction of sp³-hybridized carbons (Fsp3) is 0.909. The third-order valence-corrected chi connectivity index (χ3v) is 3.13. The molecule has 0 aromatic rings. The van der Waals surface area contributed by atoms with Crippen LogP contribution in [-0.2, 0) is 0 Å². The molecule has 0 radical (unpaired) electrons. The maximum atomic E-state index is 12.2. The lowest BCUT2D eigenvalue weighted by atomic mass is 9.84. The topological polar surface area (TPSA) is 15.6 Å². The standard InChI is InChI=1S/C11H21FN2/c1-13-9-10-5-3-4-6-11(10)14(2)8-7-12/h9-11H,3-8H2,1-2H3/b13-9+/t10?,11-/m0/s1. The first-order chi connectivity index (χ1) is 6.79. The van der Waals surface area contributed by atoms with Gasteiger partial charge in [0.25, 0.3) is 0 Å². The van der Waals surface area contributed by atoms with Crippen molar-refractivity contribution in [2.24, 2.45) is 10.9 Å². The highest BCUT2D eigenvalue weighted by Gasteiger charge is 2.26. The molecule has 1 aliphatic rings. The molecule has 0 aromatic heterocycles. The monoisotopic (exact) mass is 200 g/mol. The van der Waals surface area contributed by atoms with E-state index in [9.17, 15) is 4.39 Å². The van der Waals surface area contributed by atoms with E-state index < -0.39 is 0 Å². The SMILES string of the molecule is C/N=C/C1CCCC[C@@H]1N(C)CCF. The Hall–Kier alpha value is -0.440. The minimum atomic E-state index is -0.247. The highest BCUT2D eigenvalue weighted by Crippen LogP contribution is 2.26. The molecule has 0 amide bonds. The fourth-order valence-electron chi connectivity index (χ4n) is 2.35. The number of rotatable bonds is 4. The predicted octanol–water partition coefficient (Wildman–Crippen LogP) is 2.15. The molecule has 14 heavy (non-hydrogen) atoms. The van der Waals surface area contributed by atoms with E-state index in [0.29, 0.717) is 18.5 Å². The summed E-state index contributed by atoms with van der Waals surface area (Å²) < 4.78 is 12.2. The Balaban J connectivity index is 2.52. The summed E-state index contributed by atoms with van der Waals surface area (Å²) in [4.78, 5) is 6.25. The molecule has 0 heterocycles. The maximum absolute atomic E-state index is 12.2. The van der Waals surface area contributed by atoms with Crippen LogP contribution in [0.4, 0.5) is 4.39 Å². The molecule has 0 saturated heterocycles. The summed E-state index contributed by atoms with van der Waals surface area (Å²) in [5.74, 6) is 0.533. The number of aliphatic imine (C=N–C) groups is 1. The Kier molecular flexibility index (Phi) is 5.09. The van der Waals surface area contributed by atoms with Gasteiger partial charge in [-0.3, -0.25) is 0 Å². The van der Waals surface area contributed by atoms with E-state index in [1.54, 1.807) is 0 Å². The van der Waals surface area contributed by atoms with Gasteiger partial charge in [0, 0.05) is 31.8 Å². The van der Waals surface area contributed by atoms with Crippen molar-refractivity contribution in [2.75, 3.05) is 27.3 Å². The zero-order chi connectivity index (χ0) is 10.4. The first-order valence-corrected chi connectivity index (χ1v) is 5.48. The average molecular weight is 200 g/mol. The number of hydrogen-bond acceptors (Lipinski definition) is 2. The summed E-state index contributed by atoms with van der Waals surface area (Å²) in [6.45, 7) is 0.307. The molecule has 1 aliphatic carbocycles. The maximum Gasteiger partial charge on any atom is 0.102 e. The summed E-state index contributed by atoms with van der Waals surface area (Å²) in [6.07, 6.45) is 7.00. The Bertz CT molecular complexity index is 182. The minimum Gasteiger partial charge on any atom is -0.301 e. The highest BCUT2D eigenvalue weighted by molar-refractivity contribution is 5.61. The van der Waals surface area contributed by atoms with Gasteiger partial charge in [-0.1, -0.05) is 12.8 Å². The summed E-state index contributed by atoms with van der Waals surface area (Å²) >= 11 is 0. The van der Waals surface area contributed by atoms with Crippen LogP contribution < -0.4 is 0 Å². The van der Waals surface area contributed by atoms with Crippen molar-refractivity contribution in [3.63, 3.8) is 0 Å². The minimum absolute atomic E-state index is 0.247. The Morgan fingerprint density at radius 1 is 1.43 bits per heavy atom. The van der Waals surface area contributed by atoms with Gasteiger partial charge in [-0.25, -0.2) is 4.39 Å². The molecule has 0 aliphatic heterocycles. The van der Waals surface area contributed by atoms with Crippen LogP contribution in [0.5, 0.6) is 0 Å². The Morgan fingerprint density at radius 2 is 2.14 bits per heavy atom. The van der Waals surface area contributed by atoms with Gasteiger partial charge in [0.15, 0.2) is 0 Å². The van der Waals surface area contributed by atoms with Crippen molar-refractivity contribution in [3.05, 3.63) is 0 Å². The van der Waals surface area contributed by atoms with Crippen molar-refractivity contribution in [2.45, 2.75) is 31.7 Å². The van der Waals surface area contributed by atoms with Gasteiger partial charge in [0.05, 0.1) is 0 Å². The second kappa shape index (κ2) is 6.12. The van der Waals surface area contributed by atoms with Crippen LogP contribution in [0.15, 0.2) is 4.99 Å². The molecule has 1 rings (SSSR count). The van der Waals surface area contributed by atoms with E-state index in [4.69, 9.17) is 0 Å². The van der Waals surface area contributed by atoms with Crippen molar-refractivity contribution < 1.29 is 4.39 Å². The quantitative estimate of drug-likeness (QED) is 0.635. The van der Waals surface area contributed by atoms with Gasteiger partial charge in [-0.2, -0.15) is 0 Å². The van der Waals surface area contributed by atoms with Crippen LogP contribution in [0.1, 0.15) is 25.7 Å². The van der Waals surface area contributed by atoms with Crippen LogP contribution >= 0.6 is 0 Å². The van der Waals surface area contributed by atoms with Crippen LogP contribution in [0.2, 0.25) is 0 Å². The highest BCUT2D eigenvalue weighted by atomic mass is 19.1. The van der Waals surface area contributed by atoms with Gasteiger partial charge in [-0.15, -0.1) is 0 Å². The molecule has 0 aromatic carbocycles. The largest absolute Gasteiger partial charge is 0.301 e. The van der Waals surface area contributed by atoms with Crippen molar-refractivity contribution in [1.29, 1.82) is 0 Å². The molecular weight excluding hydrogens is 179 g/mol. The van der Waals surface area contributed by atoms with Crippen molar-refractivity contribution in [3.8, 4) is 0 Å². The lowest BCUT2D eigenvalue weighted by Crippen LogP contribution is -2.41. The number of hydrogen-bond donors (Lipinski definition) is 0. The fourth-order valence-corrected chi connectivity index (χ4v) is 2.35. The zero-order valence-electron chi connectivity index (χ0n) is 9.25. The lowest BCUT2D eigenvalue weighted by molar-refractivity contribution is 0.155. The summed E-state index contributed by atoms with van der Waals surface area (Å²) in [5, 5.41) is 0. The van der Waals surface area contributed by atoms with Gasteiger partial charge in [0.1, 0.15) is 6.67 Å². The molecule has 1 saturated carbocycles. The molecule has 1 unspecified atom stereocenters. The van der Waals surface area contributed by atoms with Crippen LogP contribution in [0.3, 0.4) is 0 Å². The van der Waals surface area contributed by atoms with E-state index in [1.807, 2.05) is 20.3 Å². The second-order valence-corrected chi connectivity index (χ2v) is 4.09. The van der Waals surface area contributed by atoms with E-state index in [-0.39, 0.29) is 6.67 Å². The number of nitrogens with zero attached hydrogens (tertiary/aromatic N) is 2. The molecule has 1 fully saturated rings. The molecule has 2 nitrogen and oxygen atoms in total. The molecule has 82 valence electrons. The van der Waals surface area contributed by atoms with Crippen LogP contribution in [0.25, 0.3) is 0 Å². The van der Waals surface area contributed by atoms with Gasteiger partial charge in [-0.05, 0) is 19.9 Å². The molecule has 3 heteroatoms. The molecule has 2 atom stereocenters. The van der Waals surface area contributed by atoms with E-state index in [1.165, 1.54) is 25.7 Å². The Morgan fingerprint density at radius 3 is 2.79 bits per heavy atom. The molecule has 0 spiro atoms. The van der Waals surface area contributed by atoms with Crippen LogP contribution in [0, 0.1) is 5.92 Å². The molecule has 0 bridgehead atoms. The summed E-state index contributed by atoms with van der Waals surface area (Å²) in [7, 11) is 3.84. The van der Waals surface area contributed by atoms with Gasteiger partial charge in [0.2, 0.25) is 0 Å². The van der Waals surface area contributed by atoms with E-state index in [2.05, 4.69) is 9.89 Å². The second-order valence-electron chi connectivity index (χ2n) is 4.09. The van der Waals surface area contributed by atoms with Gasteiger partial charge >= 0.3 is 0 Å². The smallest absolute Gasteiger partial charge is 0.102 e. The number of halogens is 1. The first kappa shape index (κ1) is 11.6. The first-order valence-electron chi connectivity index (χ1n) is 5.48.